The Morgan fingerprint density at radius 3 is 1.80 bits per heavy atom. The summed E-state index contributed by atoms with van der Waals surface area (Å²) in [6.07, 6.45) is 0. The maximum absolute atomic E-state index is 5.51. The van der Waals surface area contributed by atoms with Gasteiger partial charge in [-0.1, -0.05) is 166 Å². The fourth-order valence-electron chi connectivity index (χ4n) is 10.6. The fraction of sp³-hybridized carbons (Fsp3) is 0.0526. The number of nitrogens with zero attached hydrogens (tertiary/aromatic N) is 4. The van der Waals surface area contributed by atoms with Gasteiger partial charge in [0.25, 0.3) is 0 Å². The van der Waals surface area contributed by atoms with Gasteiger partial charge in [-0.25, -0.2) is 9.97 Å². The zero-order valence-electron chi connectivity index (χ0n) is 33.8. The highest BCUT2D eigenvalue weighted by atomic mass is 15.0. The molecule has 61 heavy (non-hydrogen) atoms. The summed E-state index contributed by atoms with van der Waals surface area (Å²) in [7, 11) is 0. The molecule has 3 heterocycles. The van der Waals surface area contributed by atoms with Gasteiger partial charge in [0.2, 0.25) is 0 Å². The van der Waals surface area contributed by atoms with Crippen molar-refractivity contribution in [2.24, 2.45) is 0 Å². The molecule has 1 aliphatic rings. The van der Waals surface area contributed by atoms with Crippen molar-refractivity contribution in [2.75, 3.05) is 0 Å². The Hall–Kier alpha value is -7.82. The first kappa shape index (κ1) is 34.1. The van der Waals surface area contributed by atoms with Crippen molar-refractivity contribution in [3.8, 4) is 45.1 Å². The normalized spacial score (nSPS) is 13.2. The molecule has 0 N–H and O–H groups in total. The standard InChI is InChI=1S/C57H38N4/c1-57(2)45-27-10-5-23-41(45)52-44(26-16-28-46(52)57)54-42-24-6-11-29-47(42)58-56(59-54)36-18-15-19-37(33-36)60-50-32-14-9-25-43(50)53-51(60)34-35-17-3-4-20-38(35)55(53)61-48-30-12-7-21-39(48)40-22-8-13-31-49(40)61/h3-34H,1-2H3. The van der Waals surface area contributed by atoms with Crippen molar-refractivity contribution >= 4 is 65.3 Å². The summed E-state index contributed by atoms with van der Waals surface area (Å²) in [5.41, 5.74) is 16.0. The number of benzene rings is 9. The summed E-state index contributed by atoms with van der Waals surface area (Å²) in [6.45, 7) is 4.67. The van der Waals surface area contributed by atoms with Gasteiger partial charge < -0.3 is 9.13 Å². The molecule has 0 unspecified atom stereocenters. The van der Waals surface area contributed by atoms with Gasteiger partial charge in [-0.15, -0.1) is 0 Å². The third-order valence-electron chi connectivity index (χ3n) is 13.3. The maximum atomic E-state index is 5.51. The fourth-order valence-corrected chi connectivity index (χ4v) is 10.6. The Kier molecular flexibility index (Phi) is 7.04. The highest BCUT2D eigenvalue weighted by molar-refractivity contribution is 6.22. The van der Waals surface area contributed by atoms with Crippen LogP contribution in [0.1, 0.15) is 25.0 Å². The lowest BCUT2D eigenvalue weighted by atomic mass is 9.82. The van der Waals surface area contributed by atoms with Crippen LogP contribution in [0.25, 0.3) is 110 Å². The molecule has 0 amide bonds. The summed E-state index contributed by atoms with van der Waals surface area (Å²) < 4.78 is 4.93. The van der Waals surface area contributed by atoms with E-state index in [1.54, 1.807) is 0 Å². The molecule has 3 aromatic heterocycles. The smallest absolute Gasteiger partial charge is 0.160 e. The van der Waals surface area contributed by atoms with Gasteiger partial charge in [0.1, 0.15) is 0 Å². The minimum absolute atomic E-state index is 0.114. The predicted octanol–water partition coefficient (Wildman–Crippen LogP) is 14.6. The van der Waals surface area contributed by atoms with Gasteiger partial charge in [-0.05, 0) is 70.1 Å². The molecule has 0 aliphatic heterocycles. The highest BCUT2D eigenvalue weighted by Gasteiger charge is 2.37. The third-order valence-corrected chi connectivity index (χ3v) is 13.3. The topological polar surface area (TPSA) is 35.6 Å². The molecule has 0 radical (unpaired) electrons. The van der Waals surface area contributed by atoms with Gasteiger partial charge in [0, 0.05) is 54.5 Å². The van der Waals surface area contributed by atoms with Gasteiger partial charge in [0.15, 0.2) is 5.82 Å². The van der Waals surface area contributed by atoms with E-state index in [2.05, 4.69) is 217 Å². The Morgan fingerprint density at radius 2 is 1.02 bits per heavy atom. The van der Waals surface area contributed by atoms with Crippen LogP contribution in [-0.4, -0.2) is 19.1 Å². The molecular formula is C57H38N4. The minimum Gasteiger partial charge on any atom is -0.309 e. The van der Waals surface area contributed by atoms with Crippen molar-refractivity contribution < 1.29 is 0 Å². The first-order valence-electron chi connectivity index (χ1n) is 21.1. The summed E-state index contributed by atoms with van der Waals surface area (Å²) in [6, 6.07) is 70.4. The lowest BCUT2D eigenvalue weighted by Gasteiger charge is -2.21. The van der Waals surface area contributed by atoms with Crippen molar-refractivity contribution in [1.29, 1.82) is 0 Å². The van der Waals surface area contributed by atoms with E-state index in [0.29, 0.717) is 5.82 Å². The maximum Gasteiger partial charge on any atom is 0.160 e. The van der Waals surface area contributed by atoms with E-state index in [0.717, 1.165) is 44.4 Å². The number of hydrogen-bond donors (Lipinski definition) is 0. The zero-order valence-corrected chi connectivity index (χ0v) is 33.8. The van der Waals surface area contributed by atoms with Gasteiger partial charge in [0.05, 0.1) is 39.0 Å². The first-order chi connectivity index (χ1) is 30.0. The molecular weight excluding hydrogens is 741 g/mol. The molecule has 9 aromatic carbocycles. The second-order valence-electron chi connectivity index (χ2n) is 16.9. The van der Waals surface area contributed by atoms with Crippen LogP contribution in [0.4, 0.5) is 0 Å². The number of aromatic nitrogens is 4. The van der Waals surface area contributed by atoms with E-state index in [9.17, 15) is 0 Å². The molecule has 0 spiro atoms. The summed E-state index contributed by atoms with van der Waals surface area (Å²) in [5.74, 6) is 0.705. The summed E-state index contributed by atoms with van der Waals surface area (Å²) >= 11 is 0. The van der Waals surface area contributed by atoms with E-state index >= 15 is 0 Å². The molecule has 4 nitrogen and oxygen atoms in total. The van der Waals surface area contributed by atoms with Crippen molar-refractivity contribution in [3.05, 3.63) is 205 Å². The second-order valence-corrected chi connectivity index (χ2v) is 16.9. The van der Waals surface area contributed by atoms with E-state index in [4.69, 9.17) is 9.97 Å². The molecule has 0 fully saturated rings. The molecule has 4 heteroatoms. The predicted molar refractivity (Wildman–Crippen MR) is 254 cm³/mol. The third kappa shape index (κ3) is 4.76. The Morgan fingerprint density at radius 1 is 0.426 bits per heavy atom. The monoisotopic (exact) mass is 778 g/mol. The Bertz CT molecular complexity index is 3750. The number of fused-ring (bicyclic) bond motifs is 11. The number of para-hydroxylation sites is 4. The largest absolute Gasteiger partial charge is 0.309 e. The summed E-state index contributed by atoms with van der Waals surface area (Å²) in [4.78, 5) is 10.8. The number of rotatable bonds is 4. The van der Waals surface area contributed by atoms with Crippen molar-refractivity contribution in [1.82, 2.24) is 19.1 Å². The molecule has 0 bridgehead atoms. The molecule has 12 aromatic rings. The zero-order chi connectivity index (χ0) is 40.4. The van der Waals surface area contributed by atoms with Gasteiger partial charge in [-0.2, -0.15) is 0 Å². The molecule has 0 saturated heterocycles. The molecule has 1 aliphatic carbocycles. The molecule has 0 atom stereocenters. The molecule has 13 rings (SSSR count). The summed E-state index contributed by atoms with van der Waals surface area (Å²) in [5, 5.41) is 8.37. The average Bonchev–Trinajstić information content (AvgIpc) is 3.91. The SMILES string of the molecule is CC1(C)c2ccccc2-c2c(-c3nc(-c4cccc(-n5c6ccccc6c6c(-n7c8ccccc8c8ccccc87)c7ccccc7cc65)c4)nc4ccccc34)cccc21. The van der Waals surface area contributed by atoms with Crippen LogP contribution in [0.15, 0.2) is 194 Å². The lowest BCUT2D eigenvalue weighted by Crippen LogP contribution is -2.14. The Balaban J connectivity index is 1.07. The average molecular weight is 779 g/mol. The van der Waals surface area contributed by atoms with Gasteiger partial charge in [-0.3, -0.25) is 0 Å². The first-order valence-corrected chi connectivity index (χ1v) is 21.1. The van der Waals surface area contributed by atoms with Crippen LogP contribution in [0.2, 0.25) is 0 Å². The van der Waals surface area contributed by atoms with E-state index in [1.165, 1.54) is 71.3 Å². The van der Waals surface area contributed by atoms with E-state index < -0.39 is 0 Å². The van der Waals surface area contributed by atoms with Crippen molar-refractivity contribution in [2.45, 2.75) is 19.3 Å². The molecule has 0 saturated carbocycles. The van der Waals surface area contributed by atoms with E-state index in [-0.39, 0.29) is 5.41 Å². The van der Waals surface area contributed by atoms with Crippen LogP contribution < -0.4 is 0 Å². The van der Waals surface area contributed by atoms with Crippen LogP contribution in [0.3, 0.4) is 0 Å². The molecule has 286 valence electrons. The van der Waals surface area contributed by atoms with Crippen LogP contribution in [0.5, 0.6) is 0 Å². The Labute approximate surface area is 352 Å². The van der Waals surface area contributed by atoms with Crippen LogP contribution in [0, 0.1) is 0 Å². The van der Waals surface area contributed by atoms with Gasteiger partial charge >= 0.3 is 0 Å². The number of hydrogen-bond acceptors (Lipinski definition) is 2. The van der Waals surface area contributed by atoms with Crippen LogP contribution in [-0.2, 0) is 5.41 Å². The second kappa shape index (κ2) is 12.6. The quantitative estimate of drug-likeness (QED) is 0.178. The highest BCUT2D eigenvalue weighted by Crippen LogP contribution is 2.52. The minimum atomic E-state index is -0.114. The van der Waals surface area contributed by atoms with E-state index in [1.807, 2.05) is 0 Å². The van der Waals surface area contributed by atoms with Crippen molar-refractivity contribution in [3.63, 3.8) is 0 Å². The lowest BCUT2D eigenvalue weighted by molar-refractivity contribution is 0.660. The van der Waals surface area contributed by atoms with Crippen LogP contribution >= 0.6 is 0 Å².